The van der Waals surface area contributed by atoms with Crippen LogP contribution in [-0.4, -0.2) is 8.42 Å². The molecule has 0 saturated carbocycles. The van der Waals surface area contributed by atoms with Gasteiger partial charge in [-0.3, -0.25) is 4.72 Å². The first-order valence-corrected chi connectivity index (χ1v) is 12.3. The SMILES string of the molecule is CCC(C)(C)[C@H]1CCc2oc3cc(C)c(NS(=O)(=O)c4ccc(Cl)cc4)cc3c2C1. The van der Waals surface area contributed by atoms with Gasteiger partial charge in [-0.1, -0.05) is 38.8 Å². The predicted molar refractivity (Wildman–Crippen MR) is 123 cm³/mol. The van der Waals surface area contributed by atoms with Gasteiger partial charge in [-0.15, -0.1) is 0 Å². The number of aryl methyl sites for hydroxylation is 2. The van der Waals surface area contributed by atoms with E-state index in [4.69, 9.17) is 16.0 Å². The van der Waals surface area contributed by atoms with Crippen molar-refractivity contribution in [3.8, 4) is 0 Å². The highest BCUT2D eigenvalue weighted by molar-refractivity contribution is 7.92. The molecule has 0 unspecified atom stereocenters. The van der Waals surface area contributed by atoms with Crippen molar-refractivity contribution in [1.82, 2.24) is 0 Å². The van der Waals surface area contributed by atoms with Crippen molar-refractivity contribution >= 4 is 38.3 Å². The van der Waals surface area contributed by atoms with Crippen molar-refractivity contribution in [2.24, 2.45) is 11.3 Å². The molecule has 2 aromatic carbocycles. The van der Waals surface area contributed by atoms with Gasteiger partial charge in [0.15, 0.2) is 0 Å². The zero-order valence-electron chi connectivity index (χ0n) is 17.9. The Balaban J connectivity index is 1.72. The normalized spacial score (nSPS) is 17.2. The minimum atomic E-state index is -3.70. The maximum Gasteiger partial charge on any atom is 0.261 e. The topological polar surface area (TPSA) is 59.3 Å². The van der Waals surface area contributed by atoms with Crippen LogP contribution < -0.4 is 4.72 Å². The Hall–Kier alpha value is -1.98. The fourth-order valence-corrected chi connectivity index (χ4v) is 5.56. The molecule has 4 nitrogen and oxygen atoms in total. The number of furan rings is 1. The van der Waals surface area contributed by atoms with Crippen LogP contribution in [-0.2, 0) is 22.9 Å². The predicted octanol–water partition coefficient (Wildman–Crippen LogP) is 6.74. The van der Waals surface area contributed by atoms with Gasteiger partial charge in [-0.25, -0.2) is 8.42 Å². The number of halogens is 1. The third-order valence-electron chi connectivity index (χ3n) is 6.78. The summed E-state index contributed by atoms with van der Waals surface area (Å²) in [5.41, 5.74) is 3.75. The van der Waals surface area contributed by atoms with E-state index < -0.39 is 10.0 Å². The Bertz CT molecular complexity index is 1190. The molecule has 0 saturated heterocycles. The highest BCUT2D eigenvalue weighted by atomic mass is 35.5. The van der Waals surface area contributed by atoms with E-state index in [1.54, 1.807) is 12.1 Å². The Morgan fingerprint density at radius 2 is 1.90 bits per heavy atom. The summed E-state index contributed by atoms with van der Waals surface area (Å²) in [7, 11) is -3.70. The van der Waals surface area contributed by atoms with E-state index >= 15 is 0 Å². The van der Waals surface area contributed by atoms with Crippen molar-refractivity contribution in [3.63, 3.8) is 0 Å². The van der Waals surface area contributed by atoms with Gasteiger partial charge in [-0.05, 0) is 73.1 Å². The van der Waals surface area contributed by atoms with Gasteiger partial charge in [-0.2, -0.15) is 0 Å². The van der Waals surface area contributed by atoms with E-state index in [2.05, 4.69) is 25.5 Å². The lowest BCUT2D eigenvalue weighted by molar-refractivity contribution is 0.179. The molecule has 4 rings (SSSR count). The lowest BCUT2D eigenvalue weighted by atomic mass is 9.69. The standard InChI is InChI=1S/C24H28ClNO3S/c1-5-24(3,4)16-6-11-22-19(13-16)20-14-21(15(2)12-23(20)29-22)26-30(27,28)18-9-7-17(25)8-10-18/h7-10,12,14,16,26H,5-6,11,13H2,1-4H3/t16-/m0/s1. The summed E-state index contributed by atoms with van der Waals surface area (Å²) in [6.45, 7) is 8.81. The van der Waals surface area contributed by atoms with Gasteiger partial charge in [0.2, 0.25) is 0 Å². The third kappa shape index (κ3) is 3.85. The van der Waals surface area contributed by atoms with E-state index in [9.17, 15) is 8.42 Å². The molecule has 1 heterocycles. The number of rotatable bonds is 5. The summed E-state index contributed by atoms with van der Waals surface area (Å²) in [5.74, 6) is 1.64. The summed E-state index contributed by atoms with van der Waals surface area (Å²) in [4.78, 5) is 0.186. The first-order chi connectivity index (χ1) is 14.1. The first-order valence-electron chi connectivity index (χ1n) is 10.4. The van der Waals surface area contributed by atoms with Gasteiger partial charge >= 0.3 is 0 Å². The summed E-state index contributed by atoms with van der Waals surface area (Å²) in [5, 5.41) is 1.52. The average molecular weight is 446 g/mol. The second kappa shape index (κ2) is 7.61. The molecular formula is C24H28ClNO3S. The smallest absolute Gasteiger partial charge is 0.261 e. The van der Waals surface area contributed by atoms with Crippen molar-refractivity contribution in [2.45, 2.75) is 58.3 Å². The quantitative estimate of drug-likeness (QED) is 0.473. The molecule has 0 bridgehead atoms. The van der Waals surface area contributed by atoms with Crippen LogP contribution in [0.1, 0.15) is 50.5 Å². The van der Waals surface area contributed by atoms with Crippen LogP contribution in [0.15, 0.2) is 45.7 Å². The molecular weight excluding hydrogens is 418 g/mol. The second-order valence-electron chi connectivity index (χ2n) is 9.01. The van der Waals surface area contributed by atoms with Crippen molar-refractivity contribution in [2.75, 3.05) is 4.72 Å². The Morgan fingerprint density at radius 1 is 1.20 bits per heavy atom. The maximum absolute atomic E-state index is 12.9. The molecule has 0 fully saturated rings. The lowest BCUT2D eigenvalue weighted by Gasteiger charge is -2.36. The molecule has 0 aliphatic heterocycles. The summed E-state index contributed by atoms with van der Waals surface area (Å²) in [6.07, 6.45) is 4.16. The largest absolute Gasteiger partial charge is 0.461 e. The number of sulfonamides is 1. The van der Waals surface area contributed by atoms with Crippen LogP contribution in [0.3, 0.4) is 0 Å². The molecule has 0 radical (unpaired) electrons. The Morgan fingerprint density at radius 3 is 2.57 bits per heavy atom. The molecule has 0 spiro atoms. The summed E-state index contributed by atoms with van der Waals surface area (Å²) >= 11 is 5.90. The molecule has 1 N–H and O–H groups in total. The highest BCUT2D eigenvalue weighted by Crippen LogP contribution is 2.43. The molecule has 1 aromatic heterocycles. The fraction of sp³-hybridized carbons (Fsp3) is 0.417. The van der Waals surface area contributed by atoms with Crippen LogP contribution in [0.2, 0.25) is 5.02 Å². The number of anilines is 1. The van der Waals surface area contributed by atoms with Crippen molar-refractivity contribution in [3.05, 3.63) is 58.3 Å². The Labute approximate surface area is 183 Å². The zero-order chi connectivity index (χ0) is 21.7. The first kappa shape index (κ1) is 21.3. The highest BCUT2D eigenvalue weighted by Gasteiger charge is 2.33. The molecule has 1 aliphatic carbocycles. The maximum atomic E-state index is 12.9. The fourth-order valence-electron chi connectivity index (χ4n) is 4.31. The minimum Gasteiger partial charge on any atom is -0.461 e. The van der Waals surface area contributed by atoms with Gasteiger partial charge < -0.3 is 4.42 Å². The minimum absolute atomic E-state index is 0.186. The van der Waals surface area contributed by atoms with E-state index in [0.717, 1.165) is 48.0 Å². The van der Waals surface area contributed by atoms with E-state index in [1.165, 1.54) is 17.7 Å². The van der Waals surface area contributed by atoms with Crippen LogP contribution in [0.4, 0.5) is 5.69 Å². The number of nitrogens with one attached hydrogen (secondary N) is 1. The number of benzene rings is 2. The Kier molecular flexibility index (Phi) is 5.39. The third-order valence-corrected chi connectivity index (χ3v) is 8.41. The van der Waals surface area contributed by atoms with Gasteiger partial charge in [0.25, 0.3) is 10.0 Å². The zero-order valence-corrected chi connectivity index (χ0v) is 19.5. The molecule has 1 aliphatic rings. The second-order valence-corrected chi connectivity index (χ2v) is 11.1. The van der Waals surface area contributed by atoms with Gasteiger partial charge in [0.1, 0.15) is 11.3 Å². The lowest BCUT2D eigenvalue weighted by Crippen LogP contribution is -2.28. The molecule has 6 heteroatoms. The van der Waals surface area contributed by atoms with Crippen molar-refractivity contribution in [1.29, 1.82) is 0 Å². The monoisotopic (exact) mass is 445 g/mol. The van der Waals surface area contributed by atoms with Gasteiger partial charge in [0, 0.05) is 22.4 Å². The van der Waals surface area contributed by atoms with E-state index in [0.29, 0.717) is 16.6 Å². The van der Waals surface area contributed by atoms with E-state index in [-0.39, 0.29) is 10.3 Å². The number of hydrogen-bond acceptors (Lipinski definition) is 3. The van der Waals surface area contributed by atoms with Crippen LogP contribution in [0.25, 0.3) is 11.0 Å². The number of fused-ring (bicyclic) bond motifs is 3. The molecule has 1 atom stereocenters. The average Bonchev–Trinajstić information content (AvgIpc) is 3.05. The summed E-state index contributed by atoms with van der Waals surface area (Å²) in [6, 6.07) is 10.0. The van der Waals surface area contributed by atoms with Crippen LogP contribution in [0.5, 0.6) is 0 Å². The summed E-state index contributed by atoms with van der Waals surface area (Å²) < 4.78 is 34.7. The molecule has 3 aromatic rings. The molecule has 0 amide bonds. The molecule has 30 heavy (non-hydrogen) atoms. The van der Waals surface area contributed by atoms with Gasteiger partial charge in [0.05, 0.1) is 10.6 Å². The van der Waals surface area contributed by atoms with Crippen molar-refractivity contribution < 1.29 is 12.8 Å². The van der Waals surface area contributed by atoms with Crippen LogP contribution >= 0.6 is 11.6 Å². The van der Waals surface area contributed by atoms with E-state index in [1.807, 2.05) is 19.1 Å². The number of hydrogen-bond donors (Lipinski definition) is 1. The van der Waals surface area contributed by atoms with Crippen LogP contribution in [0, 0.1) is 18.3 Å². The molecule has 160 valence electrons.